The highest BCUT2D eigenvalue weighted by Crippen LogP contribution is 2.30. The van der Waals surface area contributed by atoms with Crippen LogP contribution in [-0.2, 0) is 4.79 Å². The van der Waals surface area contributed by atoms with Crippen LogP contribution >= 0.6 is 11.8 Å². The van der Waals surface area contributed by atoms with Crippen molar-refractivity contribution in [3.05, 3.63) is 0 Å². The minimum atomic E-state index is -0.806. The molecule has 102 valence electrons. The monoisotopic (exact) mass is 272 g/mol. The fourth-order valence-electron chi connectivity index (χ4n) is 2.56. The average molecular weight is 272 g/mol. The zero-order valence-corrected chi connectivity index (χ0v) is 11.4. The van der Waals surface area contributed by atoms with E-state index in [0.717, 1.165) is 12.2 Å². The molecule has 2 fully saturated rings. The van der Waals surface area contributed by atoms with E-state index in [0.29, 0.717) is 18.3 Å². The fraction of sp³-hybridized carbons (Fsp3) is 0.833. The number of nitrogens with zero attached hydrogens (tertiary/aromatic N) is 1. The third-order valence-electron chi connectivity index (χ3n) is 3.66. The summed E-state index contributed by atoms with van der Waals surface area (Å²) in [6, 6.07) is 0.160. The van der Waals surface area contributed by atoms with Crippen LogP contribution in [0.15, 0.2) is 0 Å². The zero-order chi connectivity index (χ0) is 13.1. The summed E-state index contributed by atoms with van der Waals surface area (Å²) in [5.41, 5.74) is 0. The molecule has 0 spiro atoms. The molecule has 1 aliphatic carbocycles. The lowest BCUT2D eigenvalue weighted by molar-refractivity contribution is -0.146. The second-order valence-corrected chi connectivity index (χ2v) is 6.44. The number of carboxylic acid groups (broad SMARTS) is 1. The molecule has 1 heterocycles. The Morgan fingerprint density at radius 1 is 1.39 bits per heavy atom. The number of hydrogen-bond donors (Lipinski definition) is 2. The van der Waals surface area contributed by atoms with Crippen LogP contribution in [-0.4, -0.2) is 52.1 Å². The Balaban J connectivity index is 1.76. The van der Waals surface area contributed by atoms with E-state index >= 15 is 0 Å². The highest BCUT2D eigenvalue weighted by atomic mass is 32.2. The number of likely N-dealkylation sites (tertiary alicyclic amines) is 1. The van der Waals surface area contributed by atoms with Crippen molar-refractivity contribution >= 4 is 23.8 Å². The van der Waals surface area contributed by atoms with Crippen molar-refractivity contribution in [2.75, 3.05) is 18.8 Å². The van der Waals surface area contributed by atoms with E-state index in [1.54, 1.807) is 4.90 Å². The Morgan fingerprint density at radius 2 is 2.11 bits per heavy atom. The summed E-state index contributed by atoms with van der Waals surface area (Å²) in [6.45, 7) is 2.83. The summed E-state index contributed by atoms with van der Waals surface area (Å²) in [5.74, 6) is -0.110. The van der Waals surface area contributed by atoms with Gasteiger partial charge in [-0.3, -0.25) is 4.79 Å². The van der Waals surface area contributed by atoms with Gasteiger partial charge in [-0.1, -0.05) is 13.3 Å². The maximum atomic E-state index is 11.9. The largest absolute Gasteiger partial charge is 0.481 e. The molecule has 0 aromatic rings. The molecule has 0 aromatic heterocycles. The molecule has 0 bridgehead atoms. The van der Waals surface area contributed by atoms with Crippen LogP contribution in [0.4, 0.5) is 4.79 Å². The van der Waals surface area contributed by atoms with Gasteiger partial charge < -0.3 is 15.3 Å². The summed E-state index contributed by atoms with van der Waals surface area (Å²) < 4.78 is 0. The first-order valence-corrected chi connectivity index (χ1v) is 7.56. The van der Waals surface area contributed by atoms with Gasteiger partial charge in [-0.2, -0.15) is 11.8 Å². The number of carbonyl (C=O) groups excluding carboxylic acids is 1. The molecular formula is C12H20N2O3S. The maximum absolute atomic E-state index is 11.9. The number of thioether (sulfide) groups is 1. The molecule has 2 amide bonds. The number of amides is 2. The van der Waals surface area contributed by atoms with E-state index in [9.17, 15) is 9.59 Å². The van der Waals surface area contributed by atoms with E-state index in [1.807, 2.05) is 11.8 Å². The molecule has 0 radical (unpaired) electrons. The lowest BCUT2D eigenvalue weighted by atomic mass is 10.0. The normalized spacial score (nSPS) is 27.9. The topological polar surface area (TPSA) is 69.6 Å². The highest BCUT2D eigenvalue weighted by Gasteiger charge is 2.37. The van der Waals surface area contributed by atoms with Gasteiger partial charge in [0.05, 0.1) is 5.92 Å². The number of aliphatic carboxylic acids is 1. The van der Waals surface area contributed by atoms with Crippen LogP contribution in [0.2, 0.25) is 0 Å². The molecule has 2 unspecified atom stereocenters. The quantitative estimate of drug-likeness (QED) is 0.811. The molecule has 5 nitrogen and oxygen atoms in total. The number of rotatable bonds is 4. The van der Waals surface area contributed by atoms with Crippen LogP contribution in [0, 0.1) is 5.92 Å². The molecule has 6 heteroatoms. The Labute approximate surface area is 111 Å². The van der Waals surface area contributed by atoms with Crippen molar-refractivity contribution in [2.45, 2.75) is 37.5 Å². The molecule has 2 atom stereocenters. The van der Waals surface area contributed by atoms with Gasteiger partial charge in [-0.05, 0) is 18.6 Å². The summed E-state index contributed by atoms with van der Waals surface area (Å²) in [6.07, 6.45) is 3.38. The van der Waals surface area contributed by atoms with Crippen molar-refractivity contribution in [2.24, 2.45) is 5.92 Å². The van der Waals surface area contributed by atoms with E-state index in [4.69, 9.17) is 5.11 Å². The van der Waals surface area contributed by atoms with Gasteiger partial charge in [-0.15, -0.1) is 0 Å². The van der Waals surface area contributed by atoms with Gasteiger partial charge in [0.25, 0.3) is 0 Å². The lowest BCUT2D eigenvalue weighted by Crippen LogP contribution is -2.58. The van der Waals surface area contributed by atoms with Crippen molar-refractivity contribution in [3.8, 4) is 0 Å². The van der Waals surface area contributed by atoms with Gasteiger partial charge >= 0.3 is 12.0 Å². The van der Waals surface area contributed by atoms with Gasteiger partial charge in [0, 0.05) is 24.4 Å². The van der Waals surface area contributed by atoms with Crippen LogP contribution in [0.25, 0.3) is 0 Å². The maximum Gasteiger partial charge on any atom is 0.317 e. The van der Waals surface area contributed by atoms with Gasteiger partial charge in [-0.25, -0.2) is 4.79 Å². The molecule has 1 saturated heterocycles. The third-order valence-corrected chi connectivity index (χ3v) is 4.99. The van der Waals surface area contributed by atoms with Crippen LogP contribution in [0.3, 0.4) is 0 Å². The third kappa shape index (κ3) is 2.91. The number of carboxylic acids is 1. The van der Waals surface area contributed by atoms with Crippen molar-refractivity contribution in [1.82, 2.24) is 10.2 Å². The Morgan fingerprint density at radius 3 is 2.72 bits per heavy atom. The minimum Gasteiger partial charge on any atom is -0.481 e. The molecule has 1 aliphatic heterocycles. The summed E-state index contributed by atoms with van der Waals surface area (Å²) >= 11 is 1.90. The fourth-order valence-corrected chi connectivity index (χ4v) is 3.75. The number of carbonyl (C=O) groups is 2. The lowest BCUT2D eigenvalue weighted by Gasteiger charge is -2.37. The minimum absolute atomic E-state index is 0.0962. The predicted octanol–water partition coefficient (Wildman–Crippen LogP) is 1.39. The predicted molar refractivity (Wildman–Crippen MR) is 70.8 cm³/mol. The summed E-state index contributed by atoms with van der Waals surface area (Å²) in [5, 5.41) is 12.3. The standard InChI is InChI=1S/C12H20N2O3S/c1-2-18-10-5-3-4-9(10)13-12(17)14-6-8(7-14)11(15)16/h8-10H,2-7H2,1H3,(H,13,17)(H,15,16). The van der Waals surface area contributed by atoms with E-state index in [2.05, 4.69) is 12.2 Å². The zero-order valence-electron chi connectivity index (χ0n) is 10.6. The number of urea groups is 1. The first-order chi connectivity index (χ1) is 8.61. The molecule has 2 N–H and O–H groups in total. The van der Waals surface area contributed by atoms with E-state index in [-0.39, 0.29) is 18.0 Å². The Kier molecular flexibility index (Phi) is 4.37. The molecule has 1 saturated carbocycles. The second-order valence-electron chi connectivity index (χ2n) is 4.92. The Bertz CT molecular complexity index is 331. The highest BCUT2D eigenvalue weighted by molar-refractivity contribution is 7.99. The first kappa shape index (κ1) is 13.5. The van der Waals surface area contributed by atoms with Crippen molar-refractivity contribution < 1.29 is 14.7 Å². The van der Waals surface area contributed by atoms with E-state index < -0.39 is 5.97 Å². The second kappa shape index (κ2) is 5.82. The smallest absolute Gasteiger partial charge is 0.317 e. The van der Waals surface area contributed by atoms with Crippen molar-refractivity contribution in [3.63, 3.8) is 0 Å². The first-order valence-electron chi connectivity index (χ1n) is 6.51. The van der Waals surface area contributed by atoms with Crippen LogP contribution < -0.4 is 5.32 Å². The summed E-state index contributed by atoms with van der Waals surface area (Å²) in [4.78, 5) is 24.2. The molecule has 2 aliphatic rings. The van der Waals surface area contributed by atoms with Gasteiger partial charge in [0.15, 0.2) is 0 Å². The van der Waals surface area contributed by atoms with Gasteiger partial charge in [0.1, 0.15) is 0 Å². The van der Waals surface area contributed by atoms with Crippen LogP contribution in [0.5, 0.6) is 0 Å². The summed E-state index contributed by atoms with van der Waals surface area (Å²) in [7, 11) is 0. The Hall–Kier alpha value is -0.910. The van der Waals surface area contributed by atoms with Crippen molar-refractivity contribution in [1.29, 1.82) is 0 Å². The molecule has 0 aromatic carbocycles. The number of hydrogen-bond acceptors (Lipinski definition) is 3. The van der Waals surface area contributed by atoms with Crippen LogP contribution in [0.1, 0.15) is 26.2 Å². The SMILES string of the molecule is CCSC1CCCC1NC(=O)N1CC(C(=O)O)C1. The van der Waals surface area contributed by atoms with Gasteiger partial charge in [0.2, 0.25) is 0 Å². The van der Waals surface area contributed by atoms with E-state index in [1.165, 1.54) is 12.8 Å². The average Bonchev–Trinajstić information content (AvgIpc) is 2.63. The molecule has 18 heavy (non-hydrogen) atoms. The molecular weight excluding hydrogens is 252 g/mol. The molecule has 2 rings (SSSR count). The number of nitrogens with one attached hydrogen (secondary N) is 1.